The second kappa shape index (κ2) is 10.3. The lowest BCUT2D eigenvalue weighted by atomic mass is 9.91. The lowest BCUT2D eigenvalue weighted by molar-refractivity contribution is 0.0939. The van der Waals surface area contributed by atoms with E-state index in [-0.39, 0.29) is 17.0 Å². The number of nitrogens with zero attached hydrogens (tertiary/aromatic N) is 5. The molecule has 3 aromatic heterocycles. The summed E-state index contributed by atoms with van der Waals surface area (Å²) in [4.78, 5) is 41.6. The van der Waals surface area contributed by atoms with E-state index >= 15 is 0 Å². The van der Waals surface area contributed by atoms with Gasteiger partial charge >= 0.3 is 0 Å². The molecule has 0 spiro atoms. The molecule has 1 amide bonds. The molecule has 0 aromatic carbocycles. The number of hydrogen-bond acceptors (Lipinski definition) is 10. The first-order chi connectivity index (χ1) is 18.1. The average Bonchev–Trinajstić information content (AvgIpc) is 2.87. The van der Waals surface area contributed by atoms with Crippen molar-refractivity contribution in [3.8, 4) is 5.88 Å². The molecule has 4 heterocycles. The van der Waals surface area contributed by atoms with Crippen LogP contribution in [0.5, 0.6) is 5.88 Å². The van der Waals surface area contributed by atoms with Gasteiger partial charge in [-0.25, -0.2) is 9.97 Å². The van der Waals surface area contributed by atoms with E-state index in [4.69, 9.17) is 23.1 Å². The van der Waals surface area contributed by atoms with E-state index in [2.05, 4.69) is 32.1 Å². The smallest absolute Gasteiger partial charge is 0.274 e. The van der Waals surface area contributed by atoms with Crippen LogP contribution in [0.1, 0.15) is 30.1 Å². The molecule has 5 rings (SSSR count). The highest BCUT2D eigenvalue weighted by atomic mass is 35.5. The number of carbonyl (C=O) groups is 1. The summed E-state index contributed by atoms with van der Waals surface area (Å²) in [6, 6.07) is 4.19. The van der Waals surface area contributed by atoms with Crippen molar-refractivity contribution in [2.75, 3.05) is 23.7 Å². The Morgan fingerprint density at radius 1 is 1.29 bits per heavy atom. The molecule has 1 fully saturated rings. The summed E-state index contributed by atoms with van der Waals surface area (Å²) in [6.45, 7) is 3.61. The van der Waals surface area contributed by atoms with Gasteiger partial charge in [0.2, 0.25) is 5.88 Å². The highest BCUT2D eigenvalue weighted by Gasteiger charge is 2.30. The first kappa shape index (κ1) is 26.0. The number of nitrogens with one attached hydrogen (secondary N) is 1. The predicted molar refractivity (Wildman–Crippen MR) is 148 cm³/mol. The largest absolute Gasteiger partial charge is 0.493 e. The van der Waals surface area contributed by atoms with Crippen LogP contribution in [0.4, 0.5) is 11.6 Å². The lowest BCUT2D eigenvalue weighted by Gasteiger charge is -2.37. The molecule has 0 bridgehead atoms. The Hall–Kier alpha value is -3.61. The van der Waals surface area contributed by atoms with Gasteiger partial charge in [-0.15, -0.1) is 11.6 Å². The molecule has 0 radical (unpaired) electrons. The number of nitrogen functional groups attached to an aromatic ring is 1. The van der Waals surface area contributed by atoms with Crippen LogP contribution in [0, 0.1) is 0 Å². The number of alkyl halides is 1. The predicted octanol–water partition coefficient (Wildman–Crippen LogP) is 2.04. The standard InChI is InChI=1S/C25H27ClN8O3S/c1-25(28)8-11-33(12-9-25)17-13-29-23(20(27)31-17)38-15-6-4-5-14(19(15)26)30-21(35)18-22(36)32-16-7-2-3-10-34(16)24(18)37/h2-7,10,13-14,19,36H,8-9,11-12,28H2,1H3,(H2,27,31)(H,30,35). The minimum absolute atomic E-state index is 0.175. The van der Waals surface area contributed by atoms with Gasteiger partial charge in [-0.3, -0.25) is 14.0 Å². The van der Waals surface area contributed by atoms with Crippen molar-refractivity contribution in [2.24, 2.45) is 5.73 Å². The summed E-state index contributed by atoms with van der Waals surface area (Å²) >= 11 is 7.96. The fraction of sp³-hybridized carbons (Fsp3) is 0.320. The average molecular weight is 555 g/mol. The Morgan fingerprint density at radius 3 is 2.79 bits per heavy atom. The molecule has 198 valence electrons. The van der Waals surface area contributed by atoms with E-state index < -0.39 is 34.3 Å². The van der Waals surface area contributed by atoms with Gasteiger partial charge in [0, 0.05) is 29.7 Å². The molecule has 38 heavy (non-hydrogen) atoms. The molecular formula is C25H27ClN8O3S. The number of thioether (sulfide) groups is 1. The van der Waals surface area contributed by atoms with Crippen LogP contribution in [-0.4, -0.2) is 60.4 Å². The third kappa shape index (κ3) is 5.19. The van der Waals surface area contributed by atoms with Crippen LogP contribution >= 0.6 is 23.4 Å². The summed E-state index contributed by atoms with van der Waals surface area (Å²) in [5, 5.41) is 12.8. The number of pyridine rings is 1. The van der Waals surface area contributed by atoms with Crippen LogP contribution in [-0.2, 0) is 0 Å². The number of fused-ring (bicyclic) bond motifs is 1. The van der Waals surface area contributed by atoms with Gasteiger partial charge in [0.25, 0.3) is 11.5 Å². The molecular weight excluding hydrogens is 528 g/mol. The third-order valence-corrected chi connectivity index (χ3v) is 8.37. The van der Waals surface area contributed by atoms with Gasteiger partial charge in [-0.1, -0.05) is 36.1 Å². The van der Waals surface area contributed by atoms with Gasteiger partial charge in [0.1, 0.15) is 16.5 Å². The van der Waals surface area contributed by atoms with Gasteiger partial charge in [-0.05, 0) is 31.9 Å². The SMILES string of the molecule is CC1(N)CCN(c2cnc(SC3=CC=CC(NC(=O)c4c(O)nc5ccccn5c4=O)C3Cl)c(N)n2)CC1. The Balaban J connectivity index is 1.28. The van der Waals surface area contributed by atoms with E-state index in [1.807, 2.05) is 0 Å². The van der Waals surface area contributed by atoms with Gasteiger partial charge < -0.3 is 26.8 Å². The highest BCUT2D eigenvalue weighted by Crippen LogP contribution is 2.37. The first-order valence-electron chi connectivity index (χ1n) is 12.0. The number of nitrogens with two attached hydrogens (primary N) is 2. The van der Waals surface area contributed by atoms with Gasteiger partial charge in [-0.2, -0.15) is 4.98 Å². The van der Waals surface area contributed by atoms with E-state index in [0.717, 1.165) is 25.9 Å². The zero-order valence-corrected chi connectivity index (χ0v) is 22.1. The maximum absolute atomic E-state index is 13.0. The van der Waals surface area contributed by atoms with E-state index in [1.165, 1.54) is 22.4 Å². The maximum Gasteiger partial charge on any atom is 0.274 e. The van der Waals surface area contributed by atoms with Crippen molar-refractivity contribution >= 4 is 46.6 Å². The Bertz CT molecular complexity index is 1510. The molecule has 13 heteroatoms. The summed E-state index contributed by atoms with van der Waals surface area (Å²) < 4.78 is 1.19. The van der Waals surface area contributed by atoms with Crippen molar-refractivity contribution in [3.05, 3.63) is 69.6 Å². The van der Waals surface area contributed by atoms with Crippen LogP contribution in [0.15, 0.2) is 63.5 Å². The summed E-state index contributed by atoms with van der Waals surface area (Å²) in [5.41, 5.74) is 11.4. The molecule has 2 unspecified atom stereocenters. The number of carbonyl (C=O) groups excluding carboxylic acids is 1. The number of anilines is 2. The van der Waals surface area contributed by atoms with E-state index in [0.29, 0.717) is 15.7 Å². The molecule has 1 saturated heterocycles. The normalized spacial score (nSPS) is 20.8. The van der Waals surface area contributed by atoms with Crippen molar-refractivity contribution in [1.82, 2.24) is 24.7 Å². The van der Waals surface area contributed by atoms with E-state index in [1.54, 1.807) is 42.6 Å². The number of aromatic nitrogens is 4. The maximum atomic E-state index is 13.0. The first-order valence-corrected chi connectivity index (χ1v) is 13.3. The fourth-order valence-corrected chi connectivity index (χ4v) is 5.56. The van der Waals surface area contributed by atoms with Gasteiger partial charge in [0.15, 0.2) is 11.4 Å². The van der Waals surface area contributed by atoms with Crippen LogP contribution in [0.25, 0.3) is 5.65 Å². The molecule has 2 aliphatic rings. The number of hydrogen-bond donors (Lipinski definition) is 4. The van der Waals surface area contributed by atoms with Crippen molar-refractivity contribution in [2.45, 2.75) is 41.7 Å². The topological polar surface area (TPSA) is 165 Å². The molecule has 0 saturated carbocycles. The Kier molecular flexibility index (Phi) is 7.03. The second-order valence-corrected chi connectivity index (χ2v) is 11.1. The molecule has 1 aliphatic carbocycles. The molecule has 11 nitrogen and oxygen atoms in total. The van der Waals surface area contributed by atoms with E-state index in [9.17, 15) is 14.7 Å². The lowest BCUT2D eigenvalue weighted by Crippen LogP contribution is -2.48. The zero-order valence-electron chi connectivity index (χ0n) is 20.5. The fourth-order valence-electron chi connectivity index (χ4n) is 4.32. The number of piperidine rings is 1. The summed E-state index contributed by atoms with van der Waals surface area (Å²) in [5.74, 6) is -0.470. The van der Waals surface area contributed by atoms with Crippen molar-refractivity contribution < 1.29 is 9.90 Å². The van der Waals surface area contributed by atoms with Gasteiger partial charge in [0.05, 0.1) is 17.6 Å². The third-order valence-electron chi connectivity index (χ3n) is 6.60. The number of allylic oxidation sites excluding steroid dienone is 2. The Labute approximate surface area is 227 Å². The van der Waals surface area contributed by atoms with Crippen LogP contribution in [0.3, 0.4) is 0 Å². The summed E-state index contributed by atoms with van der Waals surface area (Å²) in [6.07, 6.45) is 10.1. The van der Waals surface area contributed by atoms with Crippen LogP contribution < -0.4 is 27.2 Å². The molecule has 6 N–H and O–H groups in total. The number of halogens is 1. The van der Waals surface area contributed by atoms with Crippen LogP contribution in [0.2, 0.25) is 0 Å². The second-order valence-electron chi connectivity index (χ2n) is 9.56. The minimum Gasteiger partial charge on any atom is -0.493 e. The number of aromatic hydroxyl groups is 1. The molecule has 2 atom stereocenters. The number of rotatable bonds is 5. The quantitative estimate of drug-likeness (QED) is 0.343. The monoisotopic (exact) mass is 554 g/mol. The minimum atomic E-state index is -0.788. The summed E-state index contributed by atoms with van der Waals surface area (Å²) in [7, 11) is 0. The molecule has 3 aromatic rings. The number of amides is 1. The van der Waals surface area contributed by atoms with Crippen molar-refractivity contribution in [1.29, 1.82) is 0 Å². The Morgan fingerprint density at radius 2 is 2.05 bits per heavy atom. The highest BCUT2D eigenvalue weighted by molar-refractivity contribution is 8.03. The van der Waals surface area contributed by atoms with Crippen molar-refractivity contribution in [3.63, 3.8) is 0 Å². The molecule has 1 aliphatic heterocycles. The zero-order chi connectivity index (χ0) is 27.0.